The van der Waals surface area contributed by atoms with E-state index in [2.05, 4.69) is 17.6 Å². The molecule has 0 saturated heterocycles. The standard InChI is InChI=1S/C41H51N3O4/c1-6-7-8-9-10-16-26-44(39(46)36(28-31-19-12-11-13-20-31)43-40(47)48-41(3,4)5)37(34-23-17-18-30(2)27-34)38(45)42-35-25-24-32-21-14-15-22-33(32)29-35/h11-15,17-25,27,29,36-37H,6-10,16,26,28H2,1-5H3,(H,42,45)(H,43,47). The molecule has 4 aromatic rings. The summed E-state index contributed by atoms with van der Waals surface area (Å²) in [6.07, 6.45) is 5.73. The van der Waals surface area contributed by atoms with Gasteiger partial charge >= 0.3 is 6.09 Å². The minimum absolute atomic E-state index is 0.249. The van der Waals surface area contributed by atoms with E-state index in [-0.39, 0.29) is 18.2 Å². The van der Waals surface area contributed by atoms with E-state index < -0.39 is 23.8 Å². The van der Waals surface area contributed by atoms with E-state index in [1.54, 1.807) is 25.7 Å². The number of fused-ring (bicyclic) bond motifs is 1. The summed E-state index contributed by atoms with van der Waals surface area (Å²) < 4.78 is 5.59. The predicted octanol–water partition coefficient (Wildman–Crippen LogP) is 9.15. The Morgan fingerprint density at radius 1 is 0.771 bits per heavy atom. The zero-order valence-corrected chi connectivity index (χ0v) is 29.1. The third-order valence-electron chi connectivity index (χ3n) is 8.24. The summed E-state index contributed by atoms with van der Waals surface area (Å²) in [6, 6.07) is 29.2. The Morgan fingerprint density at radius 3 is 2.17 bits per heavy atom. The SMILES string of the molecule is CCCCCCCCN(C(=O)C(Cc1ccccc1)NC(=O)OC(C)(C)C)C(C(=O)Nc1ccc2ccccc2c1)c1cccc(C)c1. The summed E-state index contributed by atoms with van der Waals surface area (Å²) in [5.74, 6) is -0.649. The smallest absolute Gasteiger partial charge is 0.408 e. The molecule has 0 aliphatic heterocycles. The normalized spacial score (nSPS) is 12.6. The van der Waals surface area contributed by atoms with Crippen LogP contribution in [0.4, 0.5) is 10.5 Å². The highest BCUT2D eigenvalue weighted by Crippen LogP contribution is 2.28. The number of benzene rings is 4. The number of ether oxygens (including phenoxy) is 1. The molecular weight excluding hydrogens is 598 g/mol. The fourth-order valence-electron chi connectivity index (χ4n) is 5.92. The second-order valence-corrected chi connectivity index (χ2v) is 13.6. The van der Waals surface area contributed by atoms with Crippen LogP contribution in [0.25, 0.3) is 10.8 Å². The van der Waals surface area contributed by atoms with Gasteiger partial charge in [0.1, 0.15) is 17.7 Å². The van der Waals surface area contributed by atoms with Crippen LogP contribution in [0.1, 0.15) is 89.0 Å². The number of anilines is 1. The van der Waals surface area contributed by atoms with Gasteiger partial charge in [0, 0.05) is 18.7 Å². The van der Waals surface area contributed by atoms with Crippen molar-refractivity contribution >= 4 is 34.4 Å². The van der Waals surface area contributed by atoms with E-state index in [0.29, 0.717) is 17.8 Å². The molecule has 2 N–H and O–H groups in total. The Kier molecular flexibility index (Phi) is 13.2. The molecule has 0 spiro atoms. The molecule has 4 aromatic carbocycles. The number of unbranched alkanes of at least 4 members (excludes halogenated alkanes) is 5. The number of amides is 3. The van der Waals surface area contributed by atoms with E-state index in [0.717, 1.165) is 54.0 Å². The minimum Gasteiger partial charge on any atom is -0.444 e. The third kappa shape index (κ3) is 11.0. The maximum Gasteiger partial charge on any atom is 0.408 e. The summed E-state index contributed by atoms with van der Waals surface area (Å²) >= 11 is 0. The lowest BCUT2D eigenvalue weighted by atomic mass is 9.98. The molecule has 0 bridgehead atoms. The monoisotopic (exact) mass is 649 g/mol. The van der Waals surface area contributed by atoms with Crippen LogP contribution in [0, 0.1) is 6.92 Å². The largest absolute Gasteiger partial charge is 0.444 e. The molecule has 2 unspecified atom stereocenters. The number of hydrogen-bond acceptors (Lipinski definition) is 4. The van der Waals surface area contributed by atoms with Crippen LogP contribution >= 0.6 is 0 Å². The van der Waals surface area contributed by atoms with E-state index in [9.17, 15) is 14.4 Å². The number of rotatable bonds is 15. The first kappa shape index (κ1) is 36.2. The first-order chi connectivity index (χ1) is 23.0. The molecule has 0 heterocycles. The zero-order chi connectivity index (χ0) is 34.5. The first-order valence-electron chi connectivity index (χ1n) is 17.2. The maximum atomic E-state index is 14.8. The van der Waals surface area contributed by atoms with Crippen molar-refractivity contribution in [1.29, 1.82) is 0 Å². The van der Waals surface area contributed by atoms with Crippen LogP contribution in [0.5, 0.6) is 0 Å². The number of hydrogen-bond donors (Lipinski definition) is 2. The van der Waals surface area contributed by atoms with E-state index in [1.165, 1.54) is 6.42 Å². The molecule has 7 nitrogen and oxygen atoms in total. The van der Waals surface area contributed by atoms with E-state index in [4.69, 9.17) is 4.74 Å². The molecule has 254 valence electrons. The molecule has 0 radical (unpaired) electrons. The third-order valence-corrected chi connectivity index (χ3v) is 8.24. The molecule has 0 aromatic heterocycles. The average molecular weight is 650 g/mol. The maximum absolute atomic E-state index is 14.8. The van der Waals surface area contributed by atoms with Gasteiger partial charge in [-0.3, -0.25) is 9.59 Å². The topological polar surface area (TPSA) is 87.7 Å². The second kappa shape index (κ2) is 17.5. The van der Waals surface area contributed by atoms with Crippen LogP contribution in [-0.4, -0.2) is 41.0 Å². The van der Waals surface area contributed by atoms with Crippen molar-refractivity contribution in [2.24, 2.45) is 0 Å². The highest BCUT2D eigenvalue weighted by Gasteiger charge is 2.36. The Labute approximate surface area is 286 Å². The zero-order valence-electron chi connectivity index (χ0n) is 29.1. The van der Waals surface area contributed by atoms with Crippen molar-refractivity contribution in [3.8, 4) is 0 Å². The molecule has 0 saturated carbocycles. The number of carbonyl (C=O) groups excluding carboxylic acids is 3. The van der Waals surface area contributed by atoms with Crippen molar-refractivity contribution in [3.05, 3.63) is 114 Å². The summed E-state index contributed by atoms with van der Waals surface area (Å²) in [7, 11) is 0. The Morgan fingerprint density at radius 2 is 1.46 bits per heavy atom. The molecule has 3 amide bonds. The molecule has 4 rings (SSSR count). The lowest BCUT2D eigenvalue weighted by Gasteiger charge is -2.35. The lowest BCUT2D eigenvalue weighted by Crippen LogP contribution is -2.53. The van der Waals surface area contributed by atoms with Gasteiger partial charge in [0.2, 0.25) is 5.91 Å². The summed E-state index contributed by atoms with van der Waals surface area (Å²) in [5, 5.41) is 8.06. The van der Waals surface area contributed by atoms with Gasteiger partial charge in [0.25, 0.3) is 5.91 Å². The predicted molar refractivity (Wildman–Crippen MR) is 195 cm³/mol. The number of aryl methyl sites for hydroxylation is 1. The van der Waals surface area contributed by atoms with Gasteiger partial charge < -0.3 is 20.3 Å². The summed E-state index contributed by atoms with van der Waals surface area (Å²) in [5.41, 5.74) is 2.49. The quantitative estimate of drug-likeness (QED) is 0.126. The van der Waals surface area contributed by atoms with Crippen molar-refractivity contribution in [1.82, 2.24) is 10.2 Å². The molecule has 48 heavy (non-hydrogen) atoms. The number of nitrogens with zero attached hydrogens (tertiary/aromatic N) is 1. The number of nitrogens with one attached hydrogen (secondary N) is 2. The number of carbonyl (C=O) groups is 3. The molecule has 2 atom stereocenters. The minimum atomic E-state index is -0.955. The highest BCUT2D eigenvalue weighted by molar-refractivity contribution is 6.00. The fraction of sp³-hybridized carbons (Fsp3) is 0.390. The van der Waals surface area contributed by atoms with Crippen molar-refractivity contribution < 1.29 is 19.1 Å². The van der Waals surface area contributed by atoms with Crippen molar-refractivity contribution in [2.45, 2.75) is 97.2 Å². The van der Waals surface area contributed by atoms with Crippen LogP contribution in [0.2, 0.25) is 0 Å². The van der Waals surface area contributed by atoms with Gasteiger partial charge in [-0.05, 0) is 68.1 Å². The van der Waals surface area contributed by atoms with Gasteiger partial charge in [-0.15, -0.1) is 0 Å². The number of alkyl carbamates (subject to hydrolysis) is 1. The fourth-order valence-corrected chi connectivity index (χ4v) is 5.92. The summed E-state index contributed by atoms with van der Waals surface area (Å²) in [4.78, 5) is 44.1. The highest BCUT2D eigenvalue weighted by atomic mass is 16.6. The van der Waals surface area contributed by atoms with Crippen LogP contribution < -0.4 is 10.6 Å². The van der Waals surface area contributed by atoms with Gasteiger partial charge in [0.05, 0.1) is 0 Å². The molecule has 0 aliphatic rings. The van der Waals surface area contributed by atoms with Gasteiger partial charge in [-0.1, -0.05) is 130 Å². The van der Waals surface area contributed by atoms with Crippen LogP contribution in [0.3, 0.4) is 0 Å². The second-order valence-electron chi connectivity index (χ2n) is 13.6. The van der Waals surface area contributed by atoms with Crippen molar-refractivity contribution in [2.75, 3.05) is 11.9 Å². The Balaban J connectivity index is 1.73. The molecule has 0 fully saturated rings. The Bertz CT molecular complexity index is 1650. The van der Waals surface area contributed by atoms with E-state index in [1.807, 2.05) is 104 Å². The Hall–Kier alpha value is -4.65. The van der Waals surface area contributed by atoms with Crippen LogP contribution in [-0.2, 0) is 20.7 Å². The first-order valence-corrected chi connectivity index (χ1v) is 17.2. The van der Waals surface area contributed by atoms with Crippen molar-refractivity contribution in [3.63, 3.8) is 0 Å². The summed E-state index contributed by atoms with van der Waals surface area (Å²) in [6.45, 7) is 9.88. The molecule has 7 heteroatoms. The van der Waals surface area contributed by atoms with Gasteiger partial charge in [0.15, 0.2) is 0 Å². The van der Waals surface area contributed by atoms with Gasteiger partial charge in [-0.2, -0.15) is 0 Å². The molecule has 0 aliphatic carbocycles. The lowest BCUT2D eigenvalue weighted by molar-refractivity contribution is -0.140. The average Bonchev–Trinajstić information content (AvgIpc) is 3.04. The van der Waals surface area contributed by atoms with Gasteiger partial charge in [-0.25, -0.2) is 4.79 Å². The van der Waals surface area contributed by atoms with E-state index >= 15 is 0 Å². The molecular formula is C41H51N3O4. The van der Waals surface area contributed by atoms with Crippen LogP contribution in [0.15, 0.2) is 97.1 Å².